The van der Waals surface area contributed by atoms with Gasteiger partial charge < -0.3 is 14.7 Å². The lowest BCUT2D eigenvalue weighted by Gasteiger charge is -2.27. The van der Waals surface area contributed by atoms with Gasteiger partial charge in [0.2, 0.25) is 0 Å². The molecule has 2 rings (SSSR count). The molecular formula is C16H25BrN2O2. The summed E-state index contributed by atoms with van der Waals surface area (Å²) in [6.07, 6.45) is 2.60. The Bertz CT molecular complexity index is 482. The lowest BCUT2D eigenvalue weighted by Crippen LogP contribution is -2.38. The number of hydrogen-bond donors (Lipinski definition) is 1. The van der Waals surface area contributed by atoms with Crippen LogP contribution in [0.5, 0.6) is 11.5 Å². The Morgan fingerprint density at radius 1 is 1.48 bits per heavy atom. The molecule has 1 saturated heterocycles. The molecular weight excluding hydrogens is 332 g/mol. The van der Waals surface area contributed by atoms with Crippen molar-refractivity contribution in [2.45, 2.75) is 32.4 Å². The van der Waals surface area contributed by atoms with Gasteiger partial charge in [0.1, 0.15) is 0 Å². The molecule has 0 aliphatic carbocycles. The molecule has 1 aromatic carbocycles. The number of rotatable bonds is 6. The highest BCUT2D eigenvalue weighted by atomic mass is 79.9. The molecule has 1 heterocycles. The molecule has 0 amide bonds. The summed E-state index contributed by atoms with van der Waals surface area (Å²) in [5.41, 5.74) is 1.14. The van der Waals surface area contributed by atoms with Gasteiger partial charge >= 0.3 is 0 Å². The molecule has 5 heteroatoms. The van der Waals surface area contributed by atoms with Crippen molar-refractivity contribution in [3.63, 3.8) is 0 Å². The first kappa shape index (κ1) is 16.6. The molecule has 0 spiro atoms. The van der Waals surface area contributed by atoms with Crippen molar-refractivity contribution in [1.82, 2.24) is 9.80 Å². The number of methoxy groups -OCH3 is 1. The van der Waals surface area contributed by atoms with Gasteiger partial charge in [0.25, 0.3) is 0 Å². The van der Waals surface area contributed by atoms with Crippen molar-refractivity contribution in [3.05, 3.63) is 22.2 Å². The fourth-order valence-electron chi connectivity index (χ4n) is 3.13. The van der Waals surface area contributed by atoms with Crippen LogP contribution in [0.2, 0.25) is 0 Å². The van der Waals surface area contributed by atoms with Crippen molar-refractivity contribution < 1.29 is 9.84 Å². The smallest absolute Gasteiger partial charge is 0.172 e. The number of likely N-dealkylation sites (N-methyl/N-ethyl adjacent to an activating group) is 2. The number of ether oxygens (including phenoxy) is 1. The van der Waals surface area contributed by atoms with E-state index in [1.807, 2.05) is 12.1 Å². The quantitative estimate of drug-likeness (QED) is 0.849. The van der Waals surface area contributed by atoms with E-state index < -0.39 is 0 Å². The van der Waals surface area contributed by atoms with Gasteiger partial charge in [-0.15, -0.1) is 0 Å². The van der Waals surface area contributed by atoms with Crippen LogP contribution in [0.3, 0.4) is 0 Å². The van der Waals surface area contributed by atoms with Crippen LogP contribution in [0.15, 0.2) is 16.6 Å². The van der Waals surface area contributed by atoms with E-state index >= 15 is 0 Å². The molecule has 21 heavy (non-hydrogen) atoms. The third-order valence-corrected chi connectivity index (χ3v) is 4.79. The Labute approximate surface area is 135 Å². The minimum atomic E-state index is 0.164. The van der Waals surface area contributed by atoms with Crippen molar-refractivity contribution >= 4 is 15.9 Å². The van der Waals surface area contributed by atoms with Crippen LogP contribution in [0.4, 0.5) is 0 Å². The van der Waals surface area contributed by atoms with Gasteiger partial charge in [0, 0.05) is 19.1 Å². The number of likely N-dealkylation sites (tertiary alicyclic amines) is 1. The van der Waals surface area contributed by atoms with E-state index in [1.165, 1.54) is 19.4 Å². The van der Waals surface area contributed by atoms with Crippen molar-refractivity contribution in [2.24, 2.45) is 0 Å². The second-order valence-electron chi connectivity index (χ2n) is 5.75. The van der Waals surface area contributed by atoms with Crippen LogP contribution < -0.4 is 4.74 Å². The number of halogens is 1. The summed E-state index contributed by atoms with van der Waals surface area (Å²) >= 11 is 3.38. The molecule has 0 saturated carbocycles. The number of nitrogens with zero attached hydrogens (tertiary/aromatic N) is 2. The van der Waals surface area contributed by atoms with Gasteiger partial charge in [0.15, 0.2) is 11.5 Å². The number of phenols is 1. The second kappa shape index (κ2) is 7.47. The molecule has 1 atom stereocenters. The zero-order chi connectivity index (χ0) is 15.4. The SMILES string of the molecule is CCN1CCCC1CN(C)Cc1cc(Br)c(O)c(OC)c1. The molecule has 1 aromatic rings. The standard InChI is InChI=1S/C16H25BrN2O2/c1-4-19-7-5-6-13(19)11-18(2)10-12-8-14(17)16(20)15(9-12)21-3/h8-9,13,20H,4-7,10-11H2,1-3H3. The molecule has 118 valence electrons. The van der Waals surface area contributed by atoms with Gasteiger partial charge in [-0.25, -0.2) is 0 Å². The number of aromatic hydroxyl groups is 1. The number of hydrogen-bond acceptors (Lipinski definition) is 4. The van der Waals surface area contributed by atoms with E-state index in [-0.39, 0.29) is 5.75 Å². The Hall–Kier alpha value is -0.780. The van der Waals surface area contributed by atoms with Gasteiger partial charge in [0.05, 0.1) is 11.6 Å². The van der Waals surface area contributed by atoms with Gasteiger partial charge in [-0.1, -0.05) is 6.92 Å². The highest BCUT2D eigenvalue weighted by molar-refractivity contribution is 9.10. The first-order chi connectivity index (χ1) is 10.0. The fraction of sp³-hybridized carbons (Fsp3) is 0.625. The molecule has 0 bridgehead atoms. The maximum Gasteiger partial charge on any atom is 0.172 e. The summed E-state index contributed by atoms with van der Waals surface area (Å²) in [5.74, 6) is 0.681. The van der Waals surface area contributed by atoms with Crippen LogP contribution in [-0.2, 0) is 6.54 Å². The average molecular weight is 357 g/mol. The van der Waals surface area contributed by atoms with Crippen molar-refractivity contribution in [3.8, 4) is 11.5 Å². The van der Waals surface area contributed by atoms with Gasteiger partial charge in [-0.3, -0.25) is 4.90 Å². The number of phenolic OH excluding ortho intramolecular Hbond substituents is 1. The van der Waals surface area contributed by atoms with E-state index in [0.29, 0.717) is 16.3 Å². The molecule has 0 aromatic heterocycles. The van der Waals surface area contributed by atoms with Gasteiger partial charge in [-0.05, 0) is 66.6 Å². The Balaban J connectivity index is 1.99. The first-order valence-electron chi connectivity index (χ1n) is 7.53. The molecule has 1 fully saturated rings. The van der Waals surface area contributed by atoms with Crippen LogP contribution in [0.1, 0.15) is 25.3 Å². The molecule has 4 nitrogen and oxygen atoms in total. The van der Waals surface area contributed by atoms with E-state index in [9.17, 15) is 5.11 Å². The lowest BCUT2D eigenvalue weighted by molar-refractivity contribution is 0.194. The summed E-state index contributed by atoms with van der Waals surface area (Å²) < 4.78 is 5.89. The maximum atomic E-state index is 9.86. The largest absolute Gasteiger partial charge is 0.503 e. The predicted molar refractivity (Wildman–Crippen MR) is 89.0 cm³/mol. The van der Waals surface area contributed by atoms with Crippen molar-refractivity contribution in [1.29, 1.82) is 0 Å². The van der Waals surface area contributed by atoms with Crippen LogP contribution in [-0.4, -0.2) is 54.7 Å². The molecule has 1 unspecified atom stereocenters. The Morgan fingerprint density at radius 2 is 2.24 bits per heavy atom. The monoisotopic (exact) mass is 356 g/mol. The van der Waals surface area contributed by atoms with E-state index in [1.54, 1.807) is 7.11 Å². The van der Waals surface area contributed by atoms with Crippen LogP contribution >= 0.6 is 15.9 Å². The minimum Gasteiger partial charge on any atom is -0.503 e. The summed E-state index contributed by atoms with van der Waals surface area (Å²) in [4.78, 5) is 4.90. The van der Waals surface area contributed by atoms with E-state index in [2.05, 4.69) is 39.7 Å². The van der Waals surface area contributed by atoms with Crippen LogP contribution in [0.25, 0.3) is 0 Å². The van der Waals surface area contributed by atoms with Gasteiger partial charge in [-0.2, -0.15) is 0 Å². The number of benzene rings is 1. The fourth-order valence-corrected chi connectivity index (χ4v) is 3.62. The maximum absolute atomic E-state index is 9.86. The molecule has 1 aliphatic rings. The highest BCUT2D eigenvalue weighted by Gasteiger charge is 2.24. The lowest BCUT2D eigenvalue weighted by atomic mass is 10.1. The Morgan fingerprint density at radius 3 is 2.90 bits per heavy atom. The zero-order valence-corrected chi connectivity index (χ0v) is 14.7. The second-order valence-corrected chi connectivity index (χ2v) is 6.60. The minimum absolute atomic E-state index is 0.164. The van der Waals surface area contributed by atoms with Crippen LogP contribution in [0, 0.1) is 0 Å². The predicted octanol–water partition coefficient (Wildman–Crippen LogP) is 3.08. The van der Waals surface area contributed by atoms with Crippen molar-refractivity contribution in [2.75, 3.05) is 33.8 Å². The topological polar surface area (TPSA) is 35.9 Å². The van der Waals surface area contributed by atoms with E-state index in [0.717, 1.165) is 25.2 Å². The van der Waals surface area contributed by atoms with E-state index in [4.69, 9.17) is 4.74 Å². The average Bonchev–Trinajstić information content (AvgIpc) is 2.89. The summed E-state index contributed by atoms with van der Waals surface area (Å²) in [7, 11) is 3.73. The zero-order valence-electron chi connectivity index (χ0n) is 13.1. The normalized spacial score (nSPS) is 19.4. The summed E-state index contributed by atoms with van der Waals surface area (Å²) in [6.45, 7) is 6.53. The molecule has 1 N–H and O–H groups in total. The highest BCUT2D eigenvalue weighted by Crippen LogP contribution is 2.35. The Kier molecular flexibility index (Phi) is 5.90. The first-order valence-corrected chi connectivity index (χ1v) is 8.32. The summed E-state index contributed by atoms with van der Waals surface area (Å²) in [6, 6.07) is 4.53. The third kappa shape index (κ3) is 4.11. The molecule has 1 aliphatic heterocycles. The third-order valence-electron chi connectivity index (χ3n) is 4.19. The summed E-state index contributed by atoms with van der Waals surface area (Å²) in [5, 5.41) is 9.86. The molecule has 0 radical (unpaired) electrons.